The van der Waals surface area contributed by atoms with Crippen molar-refractivity contribution < 1.29 is 10.0 Å². The van der Waals surface area contributed by atoms with Crippen LogP contribution in [0.15, 0.2) is 46.2 Å². The highest BCUT2D eigenvalue weighted by Crippen LogP contribution is 2.08. The zero-order valence-corrected chi connectivity index (χ0v) is 10.9. The summed E-state index contributed by atoms with van der Waals surface area (Å²) in [6.07, 6.45) is 0. The van der Waals surface area contributed by atoms with Crippen molar-refractivity contribution in [1.82, 2.24) is 5.32 Å². The lowest BCUT2D eigenvalue weighted by Gasteiger charge is -2.05. The van der Waals surface area contributed by atoms with Crippen molar-refractivity contribution in [3.8, 4) is 0 Å². The molecule has 0 fully saturated rings. The lowest BCUT2D eigenvalue weighted by Crippen LogP contribution is -2.23. The number of rotatable bonds is 4. The van der Waals surface area contributed by atoms with Crippen LogP contribution in [0.4, 0.5) is 0 Å². The van der Waals surface area contributed by atoms with E-state index in [4.69, 9.17) is 10.9 Å². The summed E-state index contributed by atoms with van der Waals surface area (Å²) in [4.78, 5) is 12.0. The van der Waals surface area contributed by atoms with E-state index in [0.717, 1.165) is 5.56 Å². The molecule has 0 aliphatic heterocycles. The van der Waals surface area contributed by atoms with E-state index in [1.54, 1.807) is 35.6 Å². The third-order valence-corrected chi connectivity index (χ3v) is 3.29. The van der Waals surface area contributed by atoms with E-state index in [0.29, 0.717) is 17.7 Å². The van der Waals surface area contributed by atoms with Gasteiger partial charge in [0.15, 0.2) is 5.84 Å². The Morgan fingerprint density at radius 1 is 1.37 bits per heavy atom. The van der Waals surface area contributed by atoms with E-state index >= 15 is 0 Å². The fourth-order valence-corrected chi connectivity index (χ4v) is 2.22. The lowest BCUT2D eigenvalue weighted by molar-refractivity contribution is 0.0951. The van der Waals surface area contributed by atoms with Crippen molar-refractivity contribution in [2.24, 2.45) is 10.9 Å². The Morgan fingerprint density at radius 3 is 2.84 bits per heavy atom. The summed E-state index contributed by atoms with van der Waals surface area (Å²) in [5.41, 5.74) is 7.52. The monoisotopic (exact) mass is 275 g/mol. The van der Waals surface area contributed by atoms with Crippen molar-refractivity contribution in [2.75, 3.05) is 0 Å². The SMILES string of the molecule is NC(=NO)c1cccc(C(=O)NCc2ccsc2)c1. The van der Waals surface area contributed by atoms with Gasteiger partial charge in [-0.25, -0.2) is 0 Å². The molecule has 0 bridgehead atoms. The first-order chi connectivity index (χ1) is 9.20. The molecule has 6 heteroatoms. The third-order valence-electron chi connectivity index (χ3n) is 2.56. The van der Waals surface area contributed by atoms with Crippen LogP contribution in [-0.4, -0.2) is 17.0 Å². The number of hydrogen-bond donors (Lipinski definition) is 3. The number of oxime groups is 1. The van der Waals surface area contributed by atoms with Gasteiger partial charge in [-0.2, -0.15) is 11.3 Å². The molecule has 1 aromatic carbocycles. The first kappa shape index (κ1) is 13.1. The Balaban J connectivity index is 2.07. The molecule has 1 aromatic heterocycles. The van der Waals surface area contributed by atoms with Gasteiger partial charge in [-0.15, -0.1) is 0 Å². The average Bonchev–Trinajstić information content (AvgIpc) is 2.97. The smallest absolute Gasteiger partial charge is 0.251 e. The van der Waals surface area contributed by atoms with Crippen molar-refractivity contribution in [3.63, 3.8) is 0 Å². The number of nitrogens with two attached hydrogens (primary N) is 1. The van der Waals surface area contributed by atoms with Crippen LogP contribution in [0.1, 0.15) is 21.5 Å². The van der Waals surface area contributed by atoms with E-state index in [1.165, 1.54) is 0 Å². The minimum absolute atomic E-state index is 0.0208. The molecule has 1 amide bonds. The highest BCUT2D eigenvalue weighted by atomic mass is 32.1. The van der Waals surface area contributed by atoms with Crippen LogP contribution in [0.2, 0.25) is 0 Å². The Morgan fingerprint density at radius 2 is 2.16 bits per heavy atom. The van der Waals surface area contributed by atoms with Gasteiger partial charge in [-0.3, -0.25) is 4.79 Å². The van der Waals surface area contributed by atoms with E-state index in [9.17, 15) is 4.79 Å². The van der Waals surface area contributed by atoms with Gasteiger partial charge in [-0.1, -0.05) is 17.3 Å². The molecule has 2 rings (SSSR count). The summed E-state index contributed by atoms with van der Waals surface area (Å²) >= 11 is 1.59. The van der Waals surface area contributed by atoms with Crippen LogP contribution >= 0.6 is 11.3 Å². The standard InChI is InChI=1S/C13H13N3O2S/c14-12(16-18)10-2-1-3-11(6-10)13(17)15-7-9-4-5-19-8-9/h1-6,8,18H,7H2,(H2,14,16)(H,15,17). The second-order valence-electron chi connectivity index (χ2n) is 3.88. The van der Waals surface area contributed by atoms with Gasteiger partial charge in [-0.05, 0) is 34.5 Å². The maximum atomic E-state index is 12.0. The van der Waals surface area contributed by atoms with Gasteiger partial charge in [0.05, 0.1) is 0 Å². The number of carbonyl (C=O) groups excluding carboxylic acids is 1. The van der Waals surface area contributed by atoms with Gasteiger partial charge < -0.3 is 16.3 Å². The molecule has 2 aromatic rings. The first-order valence-electron chi connectivity index (χ1n) is 5.58. The molecule has 0 unspecified atom stereocenters. The maximum absolute atomic E-state index is 12.0. The fourth-order valence-electron chi connectivity index (χ4n) is 1.56. The predicted molar refractivity (Wildman–Crippen MR) is 74.4 cm³/mol. The molecule has 19 heavy (non-hydrogen) atoms. The highest BCUT2D eigenvalue weighted by Gasteiger charge is 2.07. The molecular formula is C13H13N3O2S. The molecule has 0 saturated heterocycles. The number of benzene rings is 1. The summed E-state index contributed by atoms with van der Waals surface area (Å²) in [5, 5.41) is 18.3. The largest absolute Gasteiger partial charge is 0.409 e. The molecule has 0 aliphatic rings. The molecular weight excluding hydrogens is 262 g/mol. The van der Waals surface area contributed by atoms with Gasteiger partial charge in [0.1, 0.15) is 0 Å². The number of hydrogen-bond acceptors (Lipinski definition) is 4. The average molecular weight is 275 g/mol. The molecule has 0 saturated carbocycles. The molecule has 1 heterocycles. The molecule has 5 nitrogen and oxygen atoms in total. The van der Waals surface area contributed by atoms with Crippen LogP contribution in [0.3, 0.4) is 0 Å². The first-order valence-corrected chi connectivity index (χ1v) is 6.52. The number of nitrogens with one attached hydrogen (secondary N) is 1. The predicted octanol–water partition coefficient (Wildman–Crippen LogP) is 1.77. The third kappa shape index (κ3) is 3.32. The van der Waals surface area contributed by atoms with E-state index < -0.39 is 0 Å². The van der Waals surface area contributed by atoms with Crippen molar-refractivity contribution >= 4 is 23.1 Å². The minimum Gasteiger partial charge on any atom is -0.409 e. The summed E-state index contributed by atoms with van der Waals surface area (Å²) in [6, 6.07) is 8.57. The van der Waals surface area contributed by atoms with Crippen LogP contribution in [-0.2, 0) is 6.54 Å². The molecule has 4 N–H and O–H groups in total. The van der Waals surface area contributed by atoms with Gasteiger partial charge in [0.25, 0.3) is 5.91 Å². The maximum Gasteiger partial charge on any atom is 0.251 e. The molecule has 0 aliphatic carbocycles. The summed E-state index contributed by atoms with van der Waals surface area (Å²) < 4.78 is 0. The summed E-state index contributed by atoms with van der Waals surface area (Å²) in [5.74, 6) is -0.216. The van der Waals surface area contributed by atoms with E-state index in [1.807, 2.05) is 16.8 Å². The van der Waals surface area contributed by atoms with Gasteiger partial charge in [0.2, 0.25) is 0 Å². The Bertz CT molecular complexity index is 594. The molecule has 98 valence electrons. The number of amidine groups is 1. The van der Waals surface area contributed by atoms with Crippen molar-refractivity contribution in [1.29, 1.82) is 0 Å². The van der Waals surface area contributed by atoms with Gasteiger partial charge in [0, 0.05) is 17.7 Å². The Kier molecular flexibility index (Phi) is 4.15. The number of carbonyl (C=O) groups is 1. The topological polar surface area (TPSA) is 87.7 Å². The lowest BCUT2D eigenvalue weighted by atomic mass is 10.1. The molecule has 0 radical (unpaired) electrons. The van der Waals surface area contributed by atoms with Crippen LogP contribution < -0.4 is 11.1 Å². The Hall–Kier alpha value is -2.34. The van der Waals surface area contributed by atoms with Crippen molar-refractivity contribution in [3.05, 3.63) is 57.8 Å². The van der Waals surface area contributed by atoms with Crippen LogP contribution in [0.25, 0.3) is 0 Å². The zero-order chi connectivity index (χ0) is 13.7. The van der Waals surface area contributed by atoms with E-state index in [2.05, 4.69) is 10.5 Å². The number of thiophene rings is 1. The molecule has 0 atom stereocenters. The second kappa shape index (κ2) is 6.01. The molecule has 0 spiro atoms. The Labute approximate surface area is 114 Å². The van der Waals surface area contributed by atoms with Crippen LogP contribution in [0.5, 0.6) is 0 Å². The van der Waals surface area contributed by atoms with Crippen LogP contribution in [0, 0.1) is 0 Å². The quantitative estimate of drug-likeness (QED) is 0.344. The van der Waals surface area contributed by atoms with Gasteiger partial charge >= 0.3 is 0 Å². The summed E-state index contributed by atoms with van der Waals surface area (Å²) in [7, 11) is 0. The summed E-state index contributed by atoms with van der Waals surface area (Å²) in [6.45, 7) is 0.482. The normalized spacial score (nSPS) is 11.3. The van der Waals surface area contributed by atoms with Crippen molar-refractivity contribution in [2.45, 2.75) is 6.54 Å². The minimum atomic E-state index is -0.196. The number of amides is 1. The highest BCUT2D eigenvalue weighted by molar-refractivity contribution is 7.07. The second-order valence-corrected chi connectivity index (χ2v) is 4.66. The van der Waals surface area contributed by atoms with E-state index in [-0.39, 0.29) is 11.7 Å². The fraction of sp³-hybridized carbons (Fsp3) is 0.0769. The zero-order valence-electron chi connectivity index (χ0n) is 10.0. The number of nitrogens with zero attached hydrogens (tertiary/aromatic N) is 1.